The molecule has 206 valence electrons. The molecule has 0 aliphatic heterocycles. The first kappa shape index (κ1) is 30.6. The third-order valence-corrected chi connectivity index (χ3v) is 5.69. The lowest BCUT2D eigenvalue weighted by molar-refractivity contribution is -0.115. The summed E-state index contributed by atoms with van der Waals surface area (Å²) in [5.74, 6) is -0.154. The van der Waals surface area contributed by atoms with Crippen molar-refractivity contribution in [3.05, 3.63) is 53.0 Å². The van der Waals surface area contributed by atoms with E-state index in [1.165, 1.54) is 20.0 Å². The normalized spacial score (nSPS) is 11.2. The highest BCUT2D eigenvalue weighted by Gasteiger charge is 2.20. The molecular weight excluding hydrogens is 484 g/mol. The first-order valence-electron chi connectivity index (χ1n) is 12.6. The molecule has 0 spiro atoms. The fourth-order valence-electron chi connectivity index (χ4n) is 3.65. The number of aromatic nitrogens is 3. The number of aliphatic hydroxyl groups is 1. The number of hydrogen-bond acceptors (Lipinski definition) is 8. The molecule has 1 aromatic carbocycles. The molecule has 2 N–H and O–H groups in total. The van der Waals surface area contributed by atoms with Crippen molar-refractivity contribution in [2.75, 3.05) is 37.9 Å². The highest BCUT2D eigenvalue weighted by atomic mass is 16.3. The number of benzene rings is 1. The van der Waals surface area contributed by atoms with E-state index in [0.29, 0.717) is 42.0 Å². The SMILES string of the molecule is CC(C)=O.CCc1ccn2ncc(C(=O)Nc3cc(CN(C)CCC(C)(C)O)c(C=O)cc3N(C)C)c2n1. The number of ketones is 1. The summed E-state index contributed by atoms with van der Waals surface area (Å²) in [7, 11) is 5.66. The van der Waals surface area contributed by atoms with Gasteiger partial charge >= 0.3 is 0 Å². The second-order valence-corrected chi connectivity index (χ2v) is 10.3. The summed E-state index contributed by atoms with van der Waals surface area (Å²) in [6, 6.07) is 5.50. The van der Waals surface area contributed by atoms with Crippen LogP contribution in [0.1, 0.15) is 73.0 Å². The Kier molecular flexibility index (Phi) is 10.7. The molecule has 3 aromatic rings. The first-order chi connectivity index (χ1) is 17.7. The topological polar surface area (TPSA) is 120 Å². The van der Waals surface area contributed by atoms with E-state index in [1.807, 2.05) is 50.0 Å². The van der Waals surface area contributed by atoms with Crippen molar-refractivity contribution in [3.8, 4) is 0 Å². The number of Topliss-reactive ketones (excluding diaryl/α,β-unsaturated/α-hetero) is 1. The van der Waals surface area contributed by atoms with Crippen LogP contribution in [-0.2, 0) is 17.8 Å². The van der Waals surface area contributed by atoms with Gasteiger partial charge in [-0.1, -0.05) is 6.92 Å². The lowest BCUT2D eigenvalue weighted by atomic mass is 10.0. The Hall–Kier alpha value is -3.63. The Morgan fingerprint density at radius 3 is 2.39 bits per heavy atom. The zero-order valence-corrected chi connectivity index (χ0v) is 23.7. The monoisotopic (exact) mass is 524 g/mol. The molecule has 0 aliphatic carbocycles. The van der Waals surface area contributed by atoms with Crippen LogP contribution in [0.4, 0.5) is 11.4 Å². The molecule has 0 radical (unpaired) electrons. The molecule has 0 fully saturated rings. The van der Waals surface area contributed by atoms with Crippen molar-refractivity contribution in [1.82, 2.24) is 19.5 Å². The van der Waals surface area contributed by atoms with Crippen LogP contribution in [0.5, 0.6) is 0 Å². The van der Waals surface area contributed by atoms with Crippen LogP contribution in [0, 0.1) is 0 Å². The molecule has 0 unspecified atom stereocenters. The largest absolute Gasteiger partial charge is 0.390 e. The Bertz CT molecular complexity index is 1270. The van der Waals surface area contributed by atoms with Crippen molar-refractivity contribution in [1.29, 1.82) is 0 Å². The summed E-state index contributed by atoms with van der Waals surface area (Å²) >= 11 is 0. The fourth-order valence-corrected chi connectivity index (χ4v) is 3.65. The van der Waals surface area contributed by atoms with Crippen molar-refractivity contribution in [3.63, 3.8) is 0 Å². The van der Waals surface area contributed by atoms with Gasteiger partial charge in [-0.15, -0.1) is 0 Å². The predicted molar refractivity (Wildman–Crippen MR) is 150 cm³/mol. The first-order valence-corrected chi connectivity index (χ1v) is 12.6. The quantitative estimate of drug-likeness (QED) is 0.386. The number of carbonyl (C=O) groups is 3. The molecule has 38 heavy (non-hydrogen) atoms. The molecule has 0 saturated carbocycles. The molecule has 1 amide bonds. The average Bonchev–Trinajstić information content (AvgIpc) is 3.25. The summed E-state index contributed by atoms with van der Waals surface area (Å²) in [5, 5.41) is 17.3. The third-order valence-electron chi connectivity index (χ3n) is 5.69. The minimum Gasteiger partial charge on any atom is -0.390 e. The lowest BCUT2D eigenvalue weighted by Crippen LogP contribution is -2.28. The van der Waals surface area contributed by atoms with E-state index in [1.54, 1.807) is 30.6 Å². The summed E-state index contributed by atoms with van der Waals surface area (Å²) < 4.78 is 1.58. The number of amides is 1. The molecule has 3 rings (SSSR count). The third kappa shape index (κ3) is 8.74. The molecule has 0 atom stereocenters. The minimum atomic E-state index is -0.768. The Labute approximate surface area is 224 Å². The maximum Gasteiger partial charge on any atom is 0.261 e. The Balaban J connectivity index is 0.00000118. The van der Waals surface area contributed by atoms with Gasteiger partial charge in [0.25, 0.3) is 5.91 Å². The highest BCUT2D eigenvalue weighted by Crippen LogP contribution is 2.30. The van der Waals surface area contributed by atoms with E-state index in [9.17, 15) is 19.5 Å². The zero-order chi connectivity index (χ0) is 28.6. The molecule has 2 aromatic heterocycles. The number of nitrogens with zero attached hydrogens (tertiary/aromatic N) is 5. The van der Waals surface area contributed by atoms with Crippen molar-refractivity contribution >= 4 is 35.0 Å². The number of rotatable bonds is 10. The van der Waals surface area contributed by atoms with E-state index in [2.05, 4.69) is 15.4 Å². The molecule has 0 aliphatic rings. The highest BCUT2D eigenvalue weighted by molar-refractivity contribution is 6.09. The van der Waals surface area contributed by atoms with Gasteiger partial charge in [0.05, 0.1) is 23.2 Å². The predicted octanol–water partition coefficient (Wildman–Crippen LogP) is 3.61. The van der Waals surface area contributed by atoms with Crippen LogP contribution in [-0.4, -0.2) is 75.9 Å². The van der Waals surface area contributed by atoms with Crippen molar-refractivity contribution in [2.45, 2.75) is 59.6 Å². The summed E-state index contributed by atoms with van der Waals surface area (Å²) in [4.78, 5) is 43.0. The molecular formula is C28H40N6O4. The molecule has 10 nitrogen and oxygen atoms in total. The van der Waals surface area contributed by atoms with Crippen LogP contribution in [0.25, 0.3) is 5.65 Å². The number of hydrogen-bond donors (Lipinski definition) is 2. The molecule has 2 heterocycles. The van der Waals surface area contributed by atoms with E-state index in [4.69, 9.17) is 0 Å². The maximum absolute atomic E-state index is 13.2. The number of fused-ring (bicyclic) bond motifs is 1. The van der Waals surface area contributed by atoms with Gasteiger partial charge in [-0.2, -0.15) is 5.10 Å². The van der Waals surface area contributed by atoms with Gasteiger partial charge < -0.3 is 25.0 Å². The number of anilines is 2. The smallest absolute Gasteiger partial charge is 0.261 e. The standard InChI is InChI=1S/C25H34N6O3.C3H6O/c1-7-19-8-10-31-23(27-19)20(14-26-31)24(33)28-21-12-17(15-30(6)11-9-25(2,3)34)18(16-32)13-22(21)29(4)5;1-3(2)4/h8,10,12-14,16,34H,7,9,11,15H2,1-6H3,(H,28,33);1-2H3. The van der Waals surface area contributed by atoms with E-state index in [0.717, 1.165) is 29.7 Å². The lowest BCUT2D eigenvalue weighted by Gasteiger charge is -2.25. The summed E-state index contributed by atoms with van der Waals surface area (Å²) in [5.41, 5.74) is 3.65. The summed E-state index contributed by atoms with van der Waals surface area (Å²) in [6.07, 6.45) is 5.49. The van der Waals surface area contributed by atoms with Crippen LogP contribution in [0.2, 0.25) is 0 Å². The van der Waals surface area contributed by atoms with E-state index >= 15 is 0 Å². The van der Waals surface area contributed by atoms with Gasteiger partial charge in [-0.05, 0) is 71.3 Å². The van der Waals surface area contributed by atoms with Crippen LogP contribution < -0.4 is 10.2 Å². The second-order valence-electron chi connectivity index (χ2n) is 10.3. The number of aldehydes is 1. The number of aryl methyl sites for hydroxylation is 1. The van der Waals surface area contributed by atoms with Gasteiger partial charge in [-0.25, -0.2) is 9.50 Å². The van der Waals surface area contributed by atoms with Crippen molar-refractivity contribution in [2.24, 2.45) is 0 Å². The van der Waals surface area contributed by atoms with Crippen LogP contribution in [0.15, 0.2) is 30.6 Å². The van der Waals surface area contributed by atoms with E-state index in [-0.39, 0.29) is 11.7 Å². The molecule has 0 saturated heterocycles. The second kappa shape index (κ2) is 13.3. The number of carbonyl (C=O) groups excluding carboxylic acids is 3. The van der Waals surface area contributed by atoms with Gasteiger partial charge in [0.15, 0.2) is 5.65 Å². The van der Waals surface area contributed by atoms with Gasteiger partial charge in [0.1, 0.15) is 17.6 Å². The average molecular weight is 525 g/mol. The van der Waals surface area contributed by atoms with Crippen molar-refractivity contribution < 1.29 is 19.5 Å². The fraction of sp³-hybridized carbons (Fsp3) is 0.464. The van der Waals surface area contributed by atoms with Crippen LogP contribution in [0.3, 0.4) is 0 Å². The Morgan fingerprint density at radius 1 is 1.18 bits per heavy atom. The van der Waals surface area contributed by atoms with E-state index < -0.39 is 5.60 Å². The summed E-state index contributed by atoms with van der Waals surface area (Å²) in [6.45, 7) is 9.77. The van der Waals surface area contributed by atoms with Gasteiger partial charge in [0, 0.05) is 44.6 Å². The molecule has 0 bridgehead atoms. The van der Waals surface area contributed by atoms with Gasteiger partial charge in [0.2, 0.25) is 0 Å². The zero-order valence-electron chi connectivity index (χ0n) is 23.7. The minimum absolute atomic E-state index is 0.167. The van der Waals surface area contributed by atoms with Crippen LogP contribution >= 0.6 is 0 Å². The molecule has 10 heteroatoms. The number of nitrogens with one attached hydrogen (secondary N) is 1. The maximum atomic E-state index is 13.2. The van der Waals surface area contributed by atoms with Gasteiger partial charge in [-0.3, -0.25) is 9.59 Å². The Morgan fingerprint density at radius 2 is 1.84 bits per heavy atom.